The van der Waals surface area contributed by atoms with Crippen LogP contribution in [0.25, 0.3) is 11.0 Å². The number of imidazole rings is 1. The van der Waals surface area contributed by atoms with Crippen LogP contribution in [0.1, 0.15) is 16.9 Å². The molecule has 1 aliphatic rings. The van der Waals surface area contributed by atoms with Gasteiger partial charge in [-0.3, -0.25) is 4.79 Å². The first kappa shape index (κ1) is 12.5. The van der Waals surface area contributed by atoms with E-state index in [4.69, 9.17) is 0 Å². The largest absolute Gasteiger partial charge is 0.363 e. The molecule has 3 heterocycles. The molecule has 2 N–H and O–H groups in total. The molecule has 1 aromatic carbocycles. The lowest BCUT2D eigenvalue weighted by molar-refractivity contribution is -0.128. The zero-order valence-electron chi connectivity index (χ0n) is 11.2. The number of carbonyl (C=O) groups is 1. The lowest BCUT2D eigenvalue weighted by Crippen LogP contribution is -2.28. The van der Waals surface area contributed by atoms with Crippen LogP contribution in [-0.2, 0) is 11.3 Å². The Kier molecular flexibility index (Phi) is 2.96. The van der Waals surface area contributed by atoms with E-state index in [0.717, 1.165) is 22.6 Å². The second-order valence-electron chi connectivity index (χ2n) is 5.01. The van der Waals surface area contributed by atoms with E-state index in [9.17, 15) is 4.79 Å². The molecule has 1 atom stereocenters. The number of fused-ring (bicyclic) bond motifs is 1. The fraction of sp³-hybridized carbons (Fsp3) is 0.200. The molecule has 0 aliphatic carbocycles. The van der Waals surface area contributed by atoms with Gasteiger partial charge >= 0.3 is 0 Å². The van der Waals surface area contributed by atoms with Gasteiger partial charge in [0.1, 0.15) is 11.2 Å². The third-order valence-corrected chi connectivity index (χ3v) is 4.85. The molecule has 6 heteroatoms. The van der Waals surface area contributed by atoms with Gasteiger partial charge in [-0.1, -0.05) is 12.1 Å². The minimum atomic E-state index is 0.0423. The monoisotopic (exact) mass is 298 g/mol. The van der Waals surface area contributed by atoms with Crippen molar-refractivity contribution < 1.29 is 4.79 Å². The first-order valence-electron chi connectivity index (χ1n) is 6.79. The van der Waals surface area contributed by atoms with Crippen LogP contribution in [0.15, 0.2) is 42.6 Å². The zero-order valence-corrected chi connectivity index (χ0v) is 12.1. The molecule has 0 radical (unpaired) electrons. The average Bonchev–Trinajstić information content (AvgIpc) is 3.19. The lowest BCUT2D eigenvalue weighted by Gasteiger charge is -2.21. The van der Waals surface area contributed by atoms with Crippen LogP contribution < -0.4 is 0 Å². The van der Waals surface area contributed by atoms with Crippen molar-refractivity contribution in [2.75, 3.05) is 5.75 Å². The number of rotatable bonds is 3. The van der Waals surface area contributed by atoms with Crippen LogP contribution in [0.5, 0.6) is 0 Å². The second kappa shape index (κ2) is 4.96. The number of benzene rings is 1. The smallest absolute Gasteiger partial charge is 0.234 e. The van der Waals surface area contributed by atoms with E-state index in [2.05, 4.69) is 15.0 Å². The highest BCUT2D eigenvalue weighted by Gasteiger charge is 2.33. The van der Waals surface area contributed by atoms with Crippen LogP contribution >= 0.6 is 11.8 Å². The number of H-pyrrole nitrogens is 2. The SMILES string of the molecule is O=C1CSC(c2ccc[nH]2)N1Cc1nc2ccccc2[nH]1. The molecule has 4 rings (SSSR count). The van der Waals surface area contributed by atoms with Crippen molar-refractivity contribution >= 4 is 28.7 Å². The molecule has 0 spiro atoms. The van der Waals surface area contributed by atoms with Gasteiger partial charge in [0.25, 0.3) is 0 Å². The fourth-order valence-electron chi connectivity index (χ4n) is 2.62. The third-order valence-electron chi connectivity index (χ3n) is 3.61. The Hall–Kier alpha value is -2.21. The van der Waals surface area contributed by atoms with Crippen molar-refractivity contribution in [1.82, 2.24) is 19.9 Å². The molecule has 106 valence electrons. The number of amides is 1. The second-order valence-corrected chi connectivity index (χ2v) is 6.08. The molecule has 1 amide bonds. The Bertz CT molecular complexity index is 747. The van der Waals surface area contributed by atoms with Crippen LogP contribution in [0, 0.1) is 0 Å². The summed E-state index contributed by atoms with van der Waals surface area (Å²) in [7, 11) is 0. The predicted molar refractivity (Wildman–Crippen MR) is 82.6 cm³/mol. The molecule has 1 fully saturated rings. The van der Waals surface area contributed by atoms with Gasteiger partial charge < -0.3 is 14.9 Å². The maximum absolute atomic E-state index is 12.1. The van der Waals surface area contributed by atoms with Crippen molar-refractivity contribution in [3.63, 3.8) is 0 Å². The highest BCUT2D eigenvalue weighted by Crippen LogP contribution is 2.38. The molecular formula is C15H14N4OS. The minimum Gasteiger partial charge on any atom is -0.363 e. The quantitative estimate of drug-likeness (QED) is 0.781. The number of carbonyl (C=O) groups excluding carboxylic acids is 1. The lowest BCUT2D eigenvalue weighted by atomic mass is 10.3. The molecule has 21 heavy (non-hydrogen) atoms. The topological polar surface area (TPSA) is 64.8 Å². The molecule has 3 aromatic rings. The van der Waals surface area contributed by atoms with E-state index >= 15 is 0 Å². The maximum Gasteiger partial charge on any atom is 0.234 e. The first-order valence-corrected chi connectivity index (χ1v) is 7.84. The number of aromatic nitrogens is 3. The molecule has 1 saturated heterocycles. The van der Waals surface area contributed by atoms with Crippen molar-refractivity contribution in [1.29, 1.82) is 0 Å². The number of aromatic amines is 2. The number of para-hydroxylation sites is 2. The Balaban J connectivity index is 1.63. The Labute approximate surface area is 125 Å². The normalized spacial score (nSPS) is 18.8. The molecule has 0 bridgehead atoms. The van der Waals surface area contributed by atoms with Gasteiger partial charge in [0, 0.05) is 11.9 Å². The molecule has 5 nitrogen and oxygen atoms in total. The number of hydrogen-bond donors (Lipinski definition) is 2. The van der Waals surface area contributed by atoms with Gasteiger partial charge in [-0.2, -0.15) is 0 Å². The third kappa shape index (κ3) is 2.21. The molecule has 2 aromatic heterocycles. The Morgan fingerprint density at radius 2 is 2.19 bits per heavy atom. The van der Waals surface area contributed by atoms with Gasteiger partial charge in [-0.15, -0.1) is 11.8 Å². The summed E-state index contributed by atoms with van der Waals surface area (Å²) in [5, 5.41) is 0.0423. The van der Waals surface area contributed by atoms with E-state index in [-0.39, 0.29) is 11.3 Å². The summed E-state index contributed by atoms with van der Waals surface area (Å²) in [6.07, 6.45) is 1.89. The van der Waals surface area contributed by atoms with Crippen molar-refractivity contribution in [3.05, 3.63) is 54.1 Å². The minimum absolute atomic E-state index is 0.0423. The van der Waals surface area contributed by atoms with Crippen LogP contribution in [-0.4, -0.2) is 31.5 Å². The average molecular weight is 298 g/mol. The number of hydrogen-bond acceptors (Lipinski definition) is 3. The zero-order chi connectivity index (χ0) is 14.2. The van der Waals surface area contributed by atoms with Gasteiger partial charge in [0.05, 0.1) is 23.3 Å². The van der Waals surface area contributed by atoms with E-state index < -0.39 is 0 Å². The van der Waals surface area contributed by atoms with Crippen molar-refractivity contribution in [2.45, 2.75) is 11.9 Å². The van der Waals surface area contributed by atoms with Crippen LogP contribution in [0.2, 0.25) is 0 Å². The molecule has 1 unspecified atom stereocenters. The van der Waals surface area contributed by atoms with Crippen molar-refractivity contribution in [2.24, 2.45) is 0 Å². The van der Waals surface area contributed by atoms with E-state index in [0.29, 0.717) is 12.3 Å². The van der Waals surface area contributed by atoms with Gasteiger partial charge in [0.2, 0.25) is 5.91 Å². The van der Waals surface area contributed by atoms with Crippen molar-refractivity contribution in [3.8, 4) is 0 Å². The summed E-state index contributed by atoms with van der Waals surface area (Å²) in [5.41, 5.74) is 2.99. The van der Waals surface area contributed by atoms with Crippen LogP contribution in [0.3, 0.4) is 0 Å². The highest BCUT2D eigenvalue weighted by atomic mass is 32.2. The van der Waals surface area contributed by atoms with E-state index in [1.807, 2.05) is 47.5 Å². The highest BCUT2D eigenvalue weighted by molar-refractivity contribution is 8.00. The van der Waals surface area contributed by atoms with Gasteiger partial charge in [-0.25, -0.2) is 4.98 Å². The standard InChI is InChI=1S/C15H14N4OS/c20-14-9-21-15(12-6-3-7-16-12)19(14)8-13-17-10-4-1-2-5-11(10)18-13/h1-7,15-16H,8-9H2,(H,17,18). The fourth-order valence-corrected chi connectivity index (χ4v) is 3.79. The summed E-state index contributed by atoms with van der Waals surface area (Å²) in [5.74, 6) is 1.49. The summed E-state index contributed by atoms with van der Waals surface area (Å²) in [6.45, 7) is 0.504. The molecular weight excluding hydrogens is 284 g/mol. The first-order chi connectivity index (χ1) is 10.3. The number of nitrogens with zero attached hydrogens (tertiary/aromatic N) is 2. The summed E-state index contributed by atoms with van der Waals surface area (Å²) < 4.78 is 0. The Morgan fingerprint density at radius 3 is 3.00 bits per heavy atom. The summed E-state index contributed by atoms with van der Waals surface area (Å²) in [6, 6.07) is 11.9. The maximum atomic E-state index is 12.1. The van der Waals surface area contributed by atoms with Gasteiger partial charge in [0.15, 0.2) is 0 Å². The van der Waals surface area contributed by atoms with E-state index in [1.165, 1.54) is 0 Å². The summed E-state index contributed by atoms with van der Waals surface area (Å²) in [4.78, 5) is 25.1. The van der Waals surface area contributed by atoms with Crippen LogP contribution in [0.4, 0.5) is 0 Å². The van der Waals surface area contributed by atoms with E-state index in [1.54, 1.807) is 11.8 Å². The Morgan fingerprint density at radius 1 is 1.29 bits per heavy atom. The number of nitrogens with one attached hydrogen (secondary N) is 2. The molecule has 1 aliphatic heterocycles. The number of thioether (sulfide) groups is 1. The molecule has 0 saturated carbocycles. The summed E-state index contributed by atoms with van der Waals surface area (Å²) >= 11 is 1.65. The predicted octanol–water partition coefficient (Wildman–Crippen LogP) is 2.67. The van der Waals surface area contributed by atoms with Gasteiger partial charge in [-0.05, 0) is 24.3 Å².